The lowest BCUT2D eigenvalue weighted by Gasteiger charge is -2.12. The molecular weight excluding hydrogens is 442 g/mol. The second kappa shape index (κ2) is 9.13. The lowest BCUT2D eigenvalue weighted by atomic mass is 10.2. The average molecular weight is 464 g/mol. The fraction of sp³-hybridized carbons (Fsp3) is 0.0870. The van der Waals surface area contributed by atoms with Crippen LogP contribution < -0.4 is 14.8 Å². The number of hydrogen-bond acceptors (Lipinski definition) is 6. The fourth-order valence-corrected chi connectivity index (χ4v) is 4.45. The molecule has 4 rings (SSSR count). The number of ether oxygens (including phenoxy) is 1. The topological polar surface area (TPSA) is 115 Å². The molecule has 9 nitrogen and oxygen atoms in total. The predicted molar refractivity (Wildman–Crippen MR) is 124 cm³/mol. The standard InChI is InChI=1S/C23H21N5O4S/c1-16-13-19(26-17(2)29)7-10-21(16)33(30,31)27-18-5-8-20(9-6-18)32-23-14-22(24-15-25-23)28-11-3-4-12-28/h3-15,27H,1-2H3,(H,26,29). The number of rotatable bonds is 7. The summed E-state index contributed by atoms with van der Waals surface area (Å²) in [6, 6.07) is 16.6. The van der Waals surface area contributed by atoms with Crippen LogP contribution in [0, 0.1) is 6.92 Å². The molecule has 0 saturated carbocycles. The van der Waals surface area contributed by atoms with Gasteiger partial charge in [-0.15, -0.1) is 0 Å². The Morgan fingerprint density at radius 1 is 0.970 bits per heavy atom. The van der Waals surface area contributed by atoms with Crippen LogP contribution in [0.3, 0.4) is 0 Å². The van der Waals surface area contributed by atoms with E-state index in [-0.39, 0.29) is 10.8 Å². The number of aryl methyl sites for hydroxylation is 1. The van der Waals surface area contributed by atoms with Crippen molar-refractivity contribution in [1.29, 1.82) is 0 Å². The van der Waals surface area contributed by atoms with E-state index in [1.165, 1.54) is 19.3 Å². The molecular formula is C23H21N5O4S. The molecule has 1 amide bonds. The highest BCUT2D eigenvalue weighted by molar-refractivity contribution is 7.92. The van der Waals surface area contributed by atoms with E-state index >= 15 is 0 Å². The van der Waals surface area contributed by atoms with Crippen LogP contribution in [0.4, 0.5) is 11.4 Å². The van der Waals surface area contributed by atoms with Gasteiger partial charge in [-0.1, -0.05) is 0 Å². The summed E-state index contributed by atoms with van der Waals surface area (Å²) in [6.07, 6.45) is 5.14. The highest BCUT2D eigenvalue weighted by Crippen LogP contribution is 2.25. The van der Waals surface area contributed by atoms with E-state index in [0.29, 0.717) is 34.4 Å². The smallest absolute Gasteiger partial charge is 0.262 e. The van der Waals surface area contributed by atoms with Gasteiger partial charge in [-0.3, -0.25) is 9.52 Å². The van der Waals surface area contributed by atoms with Gasteiger partial charge in [-0.2, -0.15) is 0 Å². The largest absolute Gasteiger partial charge is 0.439 e. The Morgan fingerprint density at radius 2 is 1.67 bits per heavy atom. The number of carbonyl (C=O) groups excluding carboxylic acids is 1. The Kier molecular flexibility index (Phi) is 6.09. The maximum atomic E-state index is 12.8. The molecule has 2 heterocycles. The van der Waals surface area contributed by atoms with Crippen molar-refractivity contribution in [1.82, 2.24) is 14.5 Å². The summed E-state index contributed by atoms with van der Waals surface area (Å²) in [4.78, 5) is 19.6. The number of nitrogens with zero attached hydrogens (tertiary/aromatic N) is 3. The third kappa shape index (κ3) is 5.36. The lowest BCUT2D eigenvalue weighted by Crippen LogP contribution is -2.14. The summed E-state index contributed by atoms with van der Waals surface area (Å²) >= 11 is 0. The molecule has 4 aromatic rings. The Bertz CT molecular complexity index is 1380. The van der Waals surface area contributed by atoms with Gasteiger partial charge in [0, 0.05) is 36.8 Å². The van der Waals surface area contributed by atoms with E-state index in [4.69, 9.17) is 4.74 Å². The van der Waals surface area contributed by atoms with Crippen LogP contribution in [-0.4, -0.2) is 28.9 Å². The van der Waals surface area contributed by atoms with Crippen LogP contribution >= 0.6 is 0 Å². The molecule has 0 bridgehead atoms. The summed E-state index contributed by atoms with van der Waals surface area (Å²) in [5.41, 5.74) is 1.42. The molecule has 0 saturated heterocycles. The summed E-state index contributed by atoms with van der Waals surface area (Å²) in [6.45, 7) is 3.06. The first kappa shape index (κ1) is 22.0. The highest BCUT2D eigenvalue weighted by atomic mass is 32.2. The number of anilines is 2. The molecule has 0 spiro atoms. The van der Waals surface area contributed by atoms with E-state index in [1.807, 2.05) is 29.1 Å². The van der Waals surface area contributed by atoms with Crippen molar-refractivity contribution in [3.05, 3.63) is 84.9 Å². The molecule has 0 aliphatic heterocycles. The lowest BCUT2D eigenvalue weighted by molar-refractivity contribution is -0.114. The molecule has 0 radical (unpaired) electrons. The Balaban J connectivity index is 1.46. The van der Waals surface area contributed by atoms with Gasteiger partial charge in [0.2, 0.25) is 11.8 Å². The molecule has 0 aliphatic rings. The van der Waals surface area contributed by atoms with Crippen LogP contribution in [0.2, 0.25) is 0 Å². The SMILES string of the molecule is CC(=O)Nc1ccc(S(=O)(=O)Nc2ccc(Oc3cc(-n4cccc4)ncn3)cc2)c(C)c1. The third-order valence-corrected chi connectivity index (χ3v) is 6.15. The number of nitrogens with one attached hydrogen (secondary N) is 2. The second-order valence-electron chi connectivity index (χ2n) is 7.20. The summed E-state index contributed by atoms with van der Waals surface area (Å²) in [7, 11) is -3.82. The quantitative estimate of drug-likeness (QED) is 0.426. The minimum Gasteiger partial charge on any atom is -0.439 e. The molecule has 33 heavy (non-hydrogen) atoms. The molecule has 2 aromatic carbocycles. The molecule has 0 atom stereocenters. The van der Waals surface area contributed by atoms with E-state index in [9.17, 15) is 13.2 Å². The van der Waals surface area contributed by atoms with Gasteiger partial charge in [0.05, 0.1) is 4.90 Å². The number of sulfonamides is 1. The van der Waals surface area contributed by atoms with Gasteiger partial charge in [0.15, 0.2) is 0 Å². The summed E-state index contributed by atoms with van der Waals surface area (Å²) in [5, 5.41) is 2.63. The molecule has 0 fully saturated rings. The number of aromatic nitrogens is 3. The summed E-state index contributed by atoms with van der Waals surface area (Å²) < 4.78 is 35.8. The van der Waals surface area contributed by atoms with Crippen molar-refractivity contribution < 1.29 is 17.9 Å². The van der Waals surface area contributed by atoms with Crippen molar-refractivity contribution in [2.75, 3.05) is 10.0 Å². The zero-order valence-corrected chi connectivity index (χ0v) is 18.7. The number of carbonyl (C=O) groups is 1. The van der Waals surface area contributed by atoms with Crippen molar-refractivity contribution >= 4 is 27.3 Å². The van der Waals surface area contributed by atoms with E-state index in [1.54, 1.807) is 49.4 Å². The van der Waals surface area contributed by atoms with Crippen LogP contribution in [0.25, 0.3) is 5.82 Å². The van der Waals surface area contributed by atoms with Gasteiger partial charge in [0.1, 0.15) is 17.9 Å². The van der Waals surface area contributed by atoms with E-state index < -0.39 is 10.0 Å². The van der Waals surface area contributed by atoms with Crippen molar-refractivity contribution in [3.8, 4) is 17.4 Å². The first-order valence-corrected chi connectivity index (χ1v) is 11.4. The zero-order chi connectivity index (χ0) is 23.4. The minimum absolute atomic E-state index is 0.121. The average Bonchev–Trinajstić information content (AvgIpc) is 3.30. The molecule has 0 aliphatic carbocycles. The monoisotopic (exact) mass is 463 g/mol. The van der Waals surface area contributed by atoms with Crippen LogP contribution in [0.15, 0.2) is 84.3 Å². The molecule has 2 N–H and O–H groups in total. The summed E-state index contributed by atoms with van der Waals surface area (Å²) in [5.74, 6) is 1.28. The van der Waals surface area contributed by atoms with E-state index in [0.717, 1.165) is 0 Å². The molecule has 168 valence electrons. The maximum Gasteiger partial charge on any atom is 0.262 e. The number of hydrogen-bond donors (Lipinski definition) is 2. The van der Waals surface area contributed by atoms with Crippen LogP contribution in [0.1, 0.15) is 12.5 Å². The van der Waals surface area contributed by atoms with Crippen LogP contribution in [-0.2, 0) is 14.8 Å². The number of amides is 1. The van der Waals surface area contributed by atoms with Gasteiger partial charge < -0.3 is 14.6 Å². The van der Waals surface area contributed by atoms with Crippen molar-refractivity contribution in [2.45, 2.75) is 18.7 Å². The van der Waals surface area contributed by atoms with Crippen LogP contribution in [0.5, 0.6) is 11.6 Å². The Hall–Kier alpha value is -4.18. The zero-order valence-electron chi connectivity index (χ0n) is 17.9. The molecule has 10 heteroatoms. The van der Waals surface area contributed by atoms with Crippen molar-refractivity contribution in [2.24, 2.45) is 0 Å². The first-order chi connectivity index (χ1) is 15.8. The molecule has 0 unspecified atom stereocenters. The highest BCUT2D eigenvalue weighted by Gasteiger charge is 2.17. The third-order valence-electron chi connectivity index (χ3n) is 4.61. The predicted octanol–water partition coefficient (Wildman–Crippen LogP) is 4.13. The maximum absolute atomic E-state index is 12.8. The van der Waals surface area contributed by atoms with E-state index in [2.05, 4.69) is 20.0 Å². The van der Waals surface area contributed by atoms with Gasteiger partial charge in [-0.25, -0.2) is 18.4 Å². The number of benzene rings is 2. The fourth-order valence-electron chi connectivity index (χ4n) is 3.17. The van der Waals surface area contributed by atoms with Gasteiger partial charge in [0.25, 0.3) is 10.0 Å². The Morgan fingerprint density at radius 3 is 2.33 bits per heavy atom. The first-order valence-electron chi connectivity index (χ1n) is 9.94. The molecule has 2 aromatic heterocycles. The normalized spacial score (nSPS) is 11.1. The van der Waals surface area contributed by atoms with Gasteiger partial charge >= 0.3 is 0 Å². The van der Waals surface area contributed by atoms with Gasteiger partial charge in [-0.05, 0) is 67.1 Å². The Labute approximate surface area is 191 Å². The minimum atomic E-state index is -3.82. The second-order valence-corrected chi connectivity index (χ2v) is 8.85. The van der Waals surface area contributed by atoms with Crippen molar-refractivity contribution in [3.63, 3.8) is 0 Å².